The molecule has 150 valence electrons. The average molecular weight is 389 g/mol. The molecule has 0 atom stereocenters. The van der Waals surface area contributed by atoms with E-state index in [0.717, 1.165) is 37.9 Å². The van der Waals surface area contributed by atoms with Gasteiger partial charge in [-0.1, -0.05) is 48.0 Å². The van der Waals surface area contributed by atoms with E-state index in [2.05, 4.69) is 29.4 Å². The molecule has 0 spiro atoms. The summed E-state index contributed by atoms with van der Waals surface area (Å²) in [5, 5.41) is 5.82. The van der Waals surface area contributed by atoms with Crippen LogP contribution in [0.15, 0.2) is 59.7 Å². The number of rotatable bonds is 4. The molecule has 5 nitrogen and oxygen atoms in total. The van der Waals surface area contributed by atoms with Crippen molar-refractivity contribution in [3.8, 4) is 0 Å². The lowest BCUT2D eigenvalue weighted by Crippen LogP contribution is -2.45. The summed E-state index contributed by atoms with van der Waals surface area (Å²) in [6, 6.07) is 18.2. The first kappa shape index (κ1) is 19.4. The number of amides is 2. The second-order valence-corrected chi connectivity index (χ2v) is 8.01. The zero-order valence-electron chi connectivity index (χ0n) is 16.9. The number of nitrogens with zero attached hydrogens (tertiary/aromatic N) is 3. The first-order valence-electron chi connectivity index (χ1n) is 10.4. The summed E-state index contributed by atoms with van der Waals surface area (Å²) in [7, 11) is 0. The molecule has 0 unspecified atom stereocenters. The van der Waals surface area contributed by atoms with Gasteiger partial charge in [-0.3, -0.25) is 9.59 Å². The highest BCUT2D eigenvalue weighted by Crippen LogP contribution is 2.24. The molecule has 4 rings (SSSR count). The fourth-order valence-corrected chi connectivity index (χ4v) is 4.07. The van der Waals surface area contributed by atoms with Crippen LogP contribution in [-0.2, 0) is 16.0 Å². The number of anilines is 1. The Hall–Kier alpha value is -2.95. The predicted octanol–water partition coefficient (Wildman–Crippen LogP) is 3.96. The van der Waals surface area contributed by atoms with Crippen LogP contribution in [0.5, 0.6) is 0 Å². The zero-order chi connectivity index (χ0) is 20.2. The van der Waals surface area contributed by atoms with Gasteiger partial charge in [0, 0.05) is 25.9 Å². The number of carbonyl (C=O) groups excluding carboxylic acids is 2. The Morgan fingerprint density at radius 1 is 1.00 bits per heavy atom. The van der Waals surface area contributed by atoms with Crippen molar-refractivity contribution in [2.75, 3.05) is 18.1 Å². The molecule has 0 aliphatic carbocycles. The average Bonchev–Trinajstić information content (AvgIpc) is 2.76. The van der Waals surface area contributed by atoms with Gasteiger partial charge in [0.2, 0.25) is 5.91 Å². The van der Waals surface area contributed by atoms with Gasteiger partial charge in [0.05, 0.1) is 5.69 Å². The molecule has 1 saturated heterocycles. The molecule has 0 radical (unpaired) electrons. The zero-order valence-corrected chi connectivity index (χ0v) is 16.9. The van der Waals surface area contributed by atoms with Crippen LogP contribution in [0, 0.1) is 12.8 Å². The molecule has 1 fully saturated rings. The third-order valence-electron chi connectivity index (χ3n) is 5.83. The normalized spacial score (nSPS) is 18.0. The third-order valence-corrected chi connectivity index (χ3v) is 5.83. The van der Waals surface area contributed by atoms with Gasteiger partial charge >= 0.3 is 0 Å². The third kappa shape index (κ3) is 4.56. The lowest BCUT2D eigenvalue weighted by Gasteiger charge is -2.33. The maximum atomic E-state index is 13.0. The number of piperidine rings is 1. The molecule has 5 heteroatoms. The molecule has 0 aromatic heterocycles. The van der Waals surface area contributed by atoms with Crippen LogP contribution in [0.1, 0.15) is 36.8 Å². The number of aryl methyl sites for hydroxylation is 1. The highest BCUT2D eigenvalue weighted by atomic mass is 16.2. The highest BCUT2D eigenvalue weighted by molar-refractivity contribution is 6.40. The maximum absolute atomic E-state index is 13.0. The Bertz CT molecular complexity index is 897. The Kier molecular flexibility index (Phi) is 5.74. The lowest BCUT2D eigenvalue weighted by atomic mass is 9.90. The minimum absolute atomic E-state index is 0.0206. The Morgan fingerprint density at radius 2 is 1.69 bits per heavy atom. The number of hydrogen-bond acceptors (Lipinski definition) is 3. The monoisotopic (exact) mass is 389 g/mol. The minimum Gasteiger partial charge on any atom is -0.338 e. The van der Waals surface area contributed by atoms with E-state index in [-0.39, 0.29) is 11.8 Å². The van der Waals surface area contributed by atoms with Gasteiger partial charge in [0.25, 0.3) is 5.91 Å². The fraction of sp³-hybridized carbons (Fsp3) is 0.375. The molecule has 0 bridgehead atoms. The molecule has 0 saturated carbocycles. The summed E-state index contributed by atoms with van der Waals surface area (Å²) in [5.74, 6) is 0.528. The van der Waals surface area contributed by atoms with Crippen molar-refractivity contribution < 1.29 is 9.59 Å². The molecule has 2 aromatic rings. The number of carbonyl (C=O) groups is 2. The molecular formula is C24H27N3O2. The van der Waals surface area contributed by atoms with Gasteiger partial charge in [-0.2, -0.15) is 5.10 Å². The van der Waals surface area contributed by atoms with Crippen LogP contribution in [0.4, 0.5) is 5.69 Å². The van der Waals surface area contributed by atoms with Crippen LogP contribution in [-0.4, -0.2) is 35.5 Å². The minimum atomic E-state index is -0.0630. The summed E-state index contributed by atoms with van der Waals surface area (Å²) in [5.41, 5.74) is 3.69. The van der Waals surface area contributed by atoms with Crippen LogP contribution < -0.4 is 5.01 Å². The Balaban J connectivity index is 1.39. The van der Waals surface area contributed by atoms with E-state index in [1.807, 2.05) is 42.2 Å². The van der Waals surface area contributed by atoms with Gasteiger partial charge in [0.15, 0.2) is 0 Å². The van der Waals surface area contributed by atoms with Gasteiger partial charge in [-0.15, -0.1) is 0 Å². The van der Waals surface area contributed by atoms with E-state index in [4.69, 9.17) is 0 Å². The quantitative estimate of drug-likeness (QED) is 0.795. The van der Waals surface area contributed by atoms with E-state index in [1.165, 1.54) is 10.6 Å². The van der Waals surface area contributed by atoms with Gasteiger partial charge in [0.1, 0.15) is 5.71 Å². The van der Waals surface area contributed by atoms with Crippen molar-refractivity contribution in [1.29, 1.82) is 0 Å². The van der Waals surface area contributed by atoms with E-state index in [1.54, 1.807) is 0 Å². The molecule has 0 N–H and O–H groups in total. The smallest absolute Gasteiger partial charge is 0.270 e. The lowest BCUT2D eigenvalue weighted by molar-refractivity contribution is -0.125. The number of hydrogen-bond donors (Lipinski definition) is 0. The topological polar surface area (TPSA) is 53.0 Å². The fourth-order valence-electron chi connectivity index (χ4n) is 4.07. The second-order valence-electron chi connectivity index (χ2n) is 8.01. The van der Waals surface area contributed by atoms with Crippen LogP contribution in [0.25, 0.3) is 0 Å². The molecule has 2 heterocycles. The van der Waals surface area contributed by atoms with Gasteiger partial charge in [-0.25, -0.2) is 5.01 Å². The Morgan fingerprint density at radius 3 is 2.38 bits per heavy atom. The van der Waals surface area contributed by atoms with Gasteiger partial charge < -0.3 is 4.90 Å². The van der Waals surface area contributed by atoms with Gasteiger partial charge in [-0.05, 0) is 49.8 Å². The number of benzene rings is 2. The molecule has 2 aliphatic rings. The first-order valence-corrected chi connectivity index (χ1v) is 10.4. The molecule has 2 aliphatic heterocycles. The van der Waals surface area contributed by atoms with E-state index < -0.39 is 0 Å². The molecule has 2 amide bonds. The summed E-state index contributed by atoms with van der Waals surface area (Å²) < 4.78 is 0. The van der Waals surface area contributed by atoms with Crippen LogP contribution in [0.2, 0.25) is 0 Å². The number of likely N-dealkylation sites (tertiary alicyclic amines) is 1. The van der Waals surface area contributed by atoms with Crippen molar-refractivity contribution in [1.82, 2.24) is 4.90 Å². The Labute approximate surface area is 172 Å². The van der Waals surface area contributed by atoms with E-state index >= 15 is 0 Å². The SMILES string of the molecule is Cc1ccc(N2N=C(C(=O)N3CCC(Cc4ccccc4)CC3)CCC2=O)cc1. The standard InChI is InChI=1S/C24H27N3O2/c1-18-7-9-21(10-8-18)27-23(28)12-11-22(25-27)24(29)26-15-13-20(14-16-26)17-19-5-3-2-4-6-19/h2-10,20H,11-17H2,1H3. The van der Waals surface area contributed by atoms with Crippen molar-refractivity contribution in [2.24, 2.45) is 11.0 Å². The first-order chi connectivity index (χ1) is 14.1. The summed E-state index contributed by atoms with van der Waals surface area (Å²) in [4.78, 5) is 27.3. The van der Waals surface area contributed by atoms with Crippen molar-refractivity contribution in [3.63, 3.8) is 0 Å². The summed E-state index contributed by atoms with van der Waals surface area (Å²) in [6.07, 6.45) is 3.83. The molecular weight excluding hydrogens is 362 g/mol. The largest absolute Gasteiger partial charge is 0.338 e. The maximum Gasteiger partial charge on any atom is 0.270 e. The predicted molar refractivity (Wildman–Crippen MR) is 115 cm³/mol. The van der Waals surface area contributed by atoms with E-state index in [0.29, 0.717) is 30.2 Å². The molecule has 29 heavy (non-hydrogen) atoms. The van der Waals surface area contributed by atoms with Crippen molar-refractivity contribution in [2.45, 2.75) is 39.0 Å². The van der Waals surface area contributed by atoms with Crippen molar-refractivity contribution in [3.05, 3.63) is 65.7 Å². The van der Waals surface area contributed by atoms with E-state index in [9.17, 15) is 9.59 Å². The summed E-state index contributed by atoms with van der Waals surface area (Å²) >= 11 is 0. The number of hydrazone groups is 1. The van der Waals surface area contributed by atoms with Crippen molar-refractivity contribution >= 4 is 23.2 Å². The molecule has 2 aromatic carbocycles. The second kappa shape index (κ2) is 8.60. The van der Waals surface area contributed by atoms with Crippen LogP contribution in [0.3, 0.4) is 0 Å². The highest BCUT2D eigenvalue weighted by Gasteiger charge is 2.30. The van der Waals surface area contributed by atoms with Crippen LogP contribution >= 0.6 is 0 Å². The summed E-state index contributed by atoms with van der Waals surface area (Å²) in [6.45, 7) is 3.52.